The number of rotatable bonds is 5. The van der Waals surface area contributed by atoms with E-state index in [0.29, 0.717) is 4.88 Å². The van der Waals surface area contributed by atoms with E-state index in [9.17, 15) is 9.59 Å². The van der Waals surface area contributed by atoms with Crippen LogP contribution in [0.4, 0.5) is 0 Å². The zero-order valence-electron chi connectivity index (χ0n) is 10.3. The van der Waals surface area contributed by atoms with Crippen LogP contribution in [-0.2, 0) is 6.42 Å². The maximum absolute atomic E-state index is 11.9. The Balaban J connectivity index is 1.94. The third-order valence-corrected chi connectivity index (χ3v) is 4.34. The molecule has 1 unspecified atom stereocenters. The molecule has 0 saturated heterocycles. The lowest BCUT2D eigenvalue weighted by molar-refractivity contribution is 0.0702. The number of hydrogen-bond acceptors (Lipinski definition) is 4. The molecule has 2 heterocycles. The monoisotopic (exact) mass is 295 g/mol. The first-order chi connectivity index (χ1) is 9.06. The number of carbonyl (C=O) groups excluding carboxylic acids is 1. The summed E-state index contributed by atoms with van der Waals surface area (Å²) in [6, 6.07) is 5.03. The molecule has 2 aromatic rings. The SMILES string of the molecule is CC(Cc1ccsc1)NC(=O)c1ccc(C(=O)O)s1. The van der Waals surface area contributed by atoms with Gasteiger partial charge in [-0.05, 0) is 47.9 Å². The summed E-state index contributed by atoms with van der Waals surface area (Å²) in [5.74, 6) is -1.23. The number of thiophene rings is 2. The fraction of sp³-hybridized carbons (Fsp3) is 0.231. The summed E-state index contributed by atoms with van der Waals surface area (Å²) in [4.78, 5) is 23.3. The summed E-state index contributed by atoms with van der Waals surface area (Å²) in [6.07, 6.45) is 0.770. The molecule has 2 N–H and O–H groups in total. The number of aromatic carboxylic acids is 1. The van der Waals surface area contributed by atoms with Crippen LogP contribution < -0.4 is 5.32 Å². The van der Waals surface area contributed by atoms with Crippen molar-refractivity contribution < 1.29 is 14.7 Å². The van der Waals surface area contributed by atoms with Crippen molar-refractivity contribution in [2.24, 2.45) is 0 Å². The van der Waals surface area contributed by atoms with Crippen molar-refractivity contribution in [3.8, 4) is 0 Å². The Hall–Kier alpha value is -1.66. The van der Waals surface area contributed by atoms with E-state index in [4.69, 9.17) is 5.11 Å². The van der Waals surface area contributed by atoms with Gasteiger partial charge in [0.1, 0.15) is 4.88 Å². The van der Waals surface area contributed by atoms with E-state index in [1.807, 2.05) is 18.4 Å². The van der Waals surface area contributed by atoms with Gasteiger partial charge in [-0.1, -0.05) is 0 Å². The maximum atomic E-state index is 11.9. The molecule has 2 aromatic heterocycles. The second-order valence-corrected chi connectivity index (χ2v) is 6.04. The van der Waals surface area contributed by atoms with Gasteiger partial charge in [-0.25, -0.2) is 4.79 Å². The van der Waals surface area contributed by atoms with Gasteiger partial charge in [0.15, 0.2) is 0 Å². The second-order valence-electron chi connectivity index (χ2n) is 4.18. The highest BCUT2D eigenvalue weighted by Crippen LogP contribution is 2.16. The van der Waals surface area contributed by atoms with Crippen LogP contribution in [0.15, 0.2) is 29.0 Å². The molecular formula is C13H13NO3S2. The van der Waals surface area contributed by atoms with Crippen LogP contribution in [0.5, 0.6) is 0 Å². The summed E-state index contributed by atoms with van der Waals surface area (Å²) in [6.45, 7) is 1.93. The number of carbonyl (C=O) groups is 2. The number of carboxylic acid groups (broad SMARTS) is 1. The largest absolute Gasteiger partial charge is 0.477 e. The van der Waals surface area contributed by atoms with Gasteiger partial charge in [0.05, 0.1) is 4.88 Å². The Kier molecular flexibility index (Phi) is 4.34. The third-order valence-electron chi connectivity index (χ3n) is 2.54. The average molecular weight is 295 g/mol. The molecule has 2 rings (SSSR count). The molecule has 19 heavy (non-hydrogen) atoms. The number of amides is 1. The van der Waals surface area contributed by atoms with E-state index < -0.39 is 5.97 Å². The van der Waals surface area contributed by atoms with Crippen molar-refractivity contribution in [2.45, 2.75) is 19.4 Å². The van der Waals surface area contributed by atoms with Crippen LogP contribution in [0.2, 0.25) is 0 Å². The molecule has 0 aliphatic carbocycles. The van der Waals surface area contributed by atoms with Crippen LogP contribution in [-0.4, -0.2) is 23.0 Å². The molecule has 0 saturated carbocycles. The zero-order chi connectivity index (χ0) is 13.8. The van der Waals surface area contributed by atoms with Crippen LogP contribution in [0.1, 0.15) is 31.8 Å². The van der Waals surface area contributed by atoms with Crippen LogP contribution in [0.3, 0.4) is 0 Å². The molecule has 1 atom stereocenters. The van der Waals surface area contributed by atoms with Gasteiger partial charge < -0.3 is 10.4 Å². The van der Waals surface area contributed by atoms with Gasteiger partial charge in [0.2, 0.25) is 0 Å². The molecule has 0 spiro atoms. The van der Waals surface area contributed by atoms with Gasteiger partial charge in [0.25, 0.3) is 5.91 Å². The summed E-state index contributed by atoms with van der Waals surface area (Å²) in [5.41, 5.74) is 1.19. The zero-order valence-corrected chi connectivity index (χ0v) is 11.9. The lowest BCUT2D eigenvalue weighted by Crippen LogP contribution is -2.33. The average Bonchev–Trinajstić information content (AvgIpc) is 2.98. The molecule has 0 bridgehead atoms. The Labute approximate surface area is 118 Å². The highest BCUT2D eigenvalue weighted by atomic mass is 32.1. The highest BCUT2D eigenvalue weighted by molar-refractivity contribution is 7.15. The molecule has 0 aliphatic rings. The fourth-order valence-corrected chi connectivity index (χ4v) is 3.11. The Morgan fingerprint density at radius 3 is 2.63 bits per heavy atom. The Morgan fingerprint density at radius 1 is 1.32 bits per heavy atom. The number of nitrogens with one attached hydrogen (secondary N) is 1. The molecule has 0 aromatic carbocycles. The van der Waals surface area contributed by atoms with E-state index in [1.54, 1.807) is 17.4 Å². The van der Waals surface area contributed by atoms with Crippen molar-refractivity contribution in [1.29, 1.82) is 0 Å². The molecule has 100 valence electrons. The molecule has 0 aliphatic heterocycles. The minimum absolute atomic E-state index is 0.0116. The van der Waals surface area contributed by atoms with E-state index in [-0.39, 0.29) is 16.8 Å². The van der Waals surface area contributed by atoms with Crippen molar-refractivity contribution in [3.05, 3.63) is 44.3 Å². The molecule has 1 amide bonds. The number of carboxylic acids is 1. The maximum Gasteiger partial charge on any atom is 0.345 e. The predicted octanol–water partition coefficient (Wildman–Crippen LogP) is 2.87. The van der Waals surface area contributed by atoms with Crippen LogP contribution in [0.25, 0.3) is 0 Å². The first-order valence-electron chi connectivity index (χ1n) is 5.71. The van der Waals surface area contributed by atoms with Gasteiger partial charge in [-0.15, -0.1) is 11.3 Å². The minimum Gasteiger partial charge on any atom is -0.477 e. The smallest absolute Gasteiger partial charge is 0.345 e. The van der Waals surface area contributed by atoms with Gasteiger partial charge in [-0.3, -0.25) is 4.79 Å². The topological polar surface area (TPSA) is 66.4 Å². The van der Waals surface area contributed by atoms with Gasteiger partial charge >= 0.3 is 5.97 Å². The molecule has 0 radical (unpaired) electrons. The quantitative estimate of drug-likeness (QED) is 0.891. The molecule has 6 heteroatoms. The second kappa shape index (κ2) is 5.99. The van der Waals surface area contributed by atoms with Crippen molar-refractivity contribution in [2.75, 3.05) is 0 Å². The summed E-state index contributed by atoms with van der Waals surface area (Å²) >= 11 is 2.62. The molecule has 0 fully saturated rings. The fourth-order valence-electron chi connectivity index (χ4n) is 1.68. The summed E-state index contributed by atoms with van der Waals surface area (Å²) in [5, 5.41) is 15.7. The molecular weight excluding hydrogens is 282 g/mol. The van der Waals surface area contributed by atoms with E-state index in [2.05, 4.69) is 10.7 Å². The predicted molar refractivity (Wildman–Crippen MR) is 76.2 cm³/mol. The van der Waals surface area contributed by atoms with E-state index in [1.165, 1.54) is 11.6 Å². The minimum atomic E-state index is -1.00. The first-order valence-corrected chi connectivity index (χ1v) is 7.47. The van der Waals surface area contributed by atoms with Crippen LogP contribution in [0, 0.1) is 0 Å². The van der Waals surface area contributed by atoms with E-state index >= 15 is 0 Å². The normalized spacial score (nSPS) is 12.1. The van der Waals surface area contributed by atoms with Crippen molar-refractivity contribution in [1.82, 2.24) is 5.32 Å². The Bertz CT molecular complexity index is 574. The van der Waals surface area contributed by atoms with E-state index in [0.717, 1.165) is 17.8 Å². The summed E-state index contributed by atoms with van der Waals surface area (Å²) in [7, 11) is 0. The molecule has 4 nitrogen and oxygen atoms in total. The van der Waals surface area contributed by atoms with Gasteiger partial charge in [0, 0.05) is 6.04 Å². The van der Waals surface area contributed by atoms with Crippen LogP contribution >= 0.6 is 22.7 Å². The van der Waals surface area contributed by atoms with Crippen molar-refractivity contribution in [3.63, 3.8) is 0 Å². The summed E-state index contributed by atoms with van der Waals surface area (Å²) < 4.78 is 0. The lowest BCUT2D eigenvalue weighted by Gasteiger charge is -2.12. The first kappa shape index (κ1) is 13.8. The Morgan fingerprint density at radius 2 is 2.05 bits per heavy atom. The number of hydrogen-bond donors (Lipinski definition) is 2. The highest BCUT2D eigenvalue weighted by Gasteiger charge is 2.15. The lowest BCUT2D eigenvalue weighted by atomic mass is 10.1. The standard InChI is InChI=1S/C13H13NO3S2/c1-8(6-9-4-5-18-7-9)14-12(15)10-2-3-11(19-10)13(16)17/h2-5,7-8H,6H2,1H3,(H,14,15)(H,16,17). The van der Waals surface area contributed by atoms with Gasteiger partial charge in [-0.2, -0.15) is 11.3 Å². The third kappa shape index (κ3) is 3.65. The van der Waals surface area contributed by atoms with Crippen molar-refractivity contribution >= 4 is 34.6 Å².